The van der Waals surface area contributed by atoms with E-state index in [1.165, 1.54) is 0 Å². The minimum atomic E-state index is -0.784. The summed E-state index contributed by atoms with van der Waals surface area (Å²) < 4.78 is 1.74. The van der Waals surface area contributed by atoms with Crippen LogP contribution in [-0.2, 0) is 14.4 Å². The maximum absolute atomic E-state index is 11.9. The zero-order valence-corrected chi connectivity index (χ0v) is 15.4. The van der Waals surface area contributed by atoms with Crippen molar-refractivity contribution >= 4 is 46.5 Å². The SMILES string of the molecule is O=C(CSc1nncn1-c1ccccc1)NNC(=O)C[C@H]1SC(=O)NC1=O. The van der Waals surface area contributed by atoms with Gasteiger partial charge in [0.05, 0.1) is 5.75 Å². The van der Waals surface area contributed by atoms with Crippen molar-refractivity contribution in [2.24, 2.45) is 0 Å². The van der Waals surface area contributed by atoms with Gasteiger partial charge in [0.25, 0.3) is 5.24 Å². The second-order valence-corrected chi connectivity index (χ2v) is 7.41. The Morgan fingerprint density at radius 3 is 2.63 bits per heavy atom. The van der Waals surface area contributed by atoms with E-state index in [4.69, 9.17) is 0 Å². The predicted octanol–water partition coefficient (Wildman–Crippen LogP) is 0.248. The lowest BCUT2D eigenvalue weighted by Crippen LogP contribution is -2.44. The van der Waals surface area contributed by atoms with E-state index in [-0.39, 0.29) is 12.2 Å². The maximum Gasteiger partial charge on any atom is 0.286 e. The van der Waals surface area contributed by atoms with Crippen molar-refractivity contribution in [3.63, 3.8) is 0 Å². The van der Waals surface area contributed by atoms with Crippen LogP contribution in [0.1, 0.15) is 6.42 Å². The van der Waals surface area contributed by atoms with Crippen molar-refractivity contribution in [3.8, 4) is 5.69 Å². The second-order valence-electron chi connectivity index (χ2n) is 5.29. The number of hydrogen-bond donors (Lipinski definition) is 3. The quantitative estimate of drug-likeness (QED) is 0.459. The Balaban J connectivity index is 1.44. The summed E-state index contributed by atoms with van der Waals surface area (Å²) in [4.78, 5) is 46.1. The Bertz CT molecular complexity index is 872. The summed E-state index contributed by atoms with van der Waals surface area (Å²) in [6, 6.07) is 9.41. The fraction of sp³-hybridized carbons (Fsp3) is 0.200. The molecule has 0 aliphatic carbocycles. The lowest BCUT2D eigenvalue weighted by atomic mass is 10.3. The number of aromatic nitrogens is 3. The van der Waals surface area contributed by atoms with E-state index in [0.717, 1.165) is 29.2 Å². The number of nitrogens with zero attached hydrogens (tertiary/aromatic N) is 3. The topological polar surface area (TPSA) is 135 Å². The molecule has 27 heavy (non-hydrogen) atoms. The molecule has 0 bridgehead atoms. The van der Waals surface area contributed by atoms with Crippen LogP contribution < -0.4 is 16.2 Å². The van der Waals surface area contributed by atoms with Crippen LogP contribution in [0.25, 0.3) is 5.69 Å². The zero-order valence-electron chi connectivity index (χ0n) is 13.7. The number of carbonyl (C=O) groups excluding carboxylic acids is 4. The molecule has 1 saturated heterocycles. The van der Waals surface area contributed by atoms with Gasteiger partial charge in [-0.2, -0.15) is 0 Å². The molecule has 2 heterocycles. The first kappa shape index (κ1) is 18.9. The van der Waals surface area contributed by atoms with Gasteiger partial charge < -0.3 is 0 Å². The summed E-state index contributed by atoms with van der Waals surface area (Å²) in [5.41, 5.74) is 5.34. The molecule has 0 radical (unpaired) electrons. The molecule has 1 atom stereocenters. The van der Waals surface area contributed by atoms with Crippen molar-refractivity contribution in [1.29, 1.82) is 0 Å². The van der Waals surface area contributed by atoms with Crippen LogP contribution in [0, 0.1) is 0 Å². The Hall–Kier alpha value is -2.86. The van der Waals surface area contributed by atoms with Gasteiger partial charge in [0.15, 0.2) is 5.16 Å². The van der Waals surface area contributed by atoms with Gasteiger partial charge in [0, 0.05) is 12.1 Å². The van der Waals surface area contributed by atoms with Crippen LogP contribution in [0.5, 0.6) is 0 Å². The summed E-state index contributed by atoms with van der Waals surface area (Å²) in [6.07, 6.45) is 1.33. The number of para-hydroxylation sites is 1. The average molecular weight is 406 g/mol. The van der Waals surface area contributed by atoms with Crippen LogP contribution in [0.2, 0.25) is 0 Å². The molecule has 0 unspecified atom stereocenters. The monoisotopic (exact) mass is 406 g/mol. The number of amides is 4. The highest BCUT2D eigenvalue weighted by molar-refractivity contribution is 8.15. The number of carbonyl (C=O) groups is 4. The van der Waals surface area contributed by atoms with E-state index < -0.39 is 28.2 Å². The third-order valence-electron chi connectivity index (χ3n) is 3.36. The molecule has 4 amide bonds. The zero-order chi connectivity index (χ0) is 19.2. The number of hydrazine groups is 1. The van der Waals surface area contributed by atoms with E-state index >= 15 is 0 Å². The summed E-state index contributed by atoms with van der Waals surface area (Å²) in [6.45, 7) is 0. The number of thioether (sulfide) groups is 2. The first-order chi connectivity index (χ1) is 13.0. The minimum Gasteiger partial charge on any atom is -0.286 e. The first-order valence-electron chi connectivity index (χ1n) is 7.70. The fourth-order valence-electron chi connectivity index (χ4n) is 2.14. The van der Waals surface area contributed by atoms with Crippen LogP contribution in [-0.4, -0.2) is 48.7 Å². The largest absolute Gasteiger partial charge is 0.286 e. The van der Waals surface area contributed by atoms with E-state index in [9.17, 15) is 19.2 Å². The highest BCUT2D eigenvalue weighted by Gasteiger charge is 2.33. The van der Waals surface area contributed by atoms with Gasteiger partial charge in [0.1, 0.15) is 11.6 Å². The number of hydrogen-bond acceptors (Lipinski definition) is 8. The van der Waals surface area contributed by atoms with Crippen LogP contribution in [0.3, 0.4) is 0 Å². The van der Waals surface area contributed by atoms with Gasteiger partial charge >= 0.3 is 0 Å². The normalized spacial score (nSPS) is 16.1. The Morgan fingerprint density at radius 2 is 1.93 bits per heavy atom. The molecular formula is C15H14N6O4S2. The van der Waals surface area contributed by atoms with Gasteiger partial charge in [-0.05, 0) is 12.1 Å². The molecule has 10 nitrogen and oxygen atoms in total. The second kappa shape index (κ2) is 8.68. The molecule has 0 spiro atoms. The number of rotatable bonds is 6. The lowest BCUT2D eigenvalue weighted by Gasteiger charge is -2.09. The maximum atomic E-state index is 11.9. The van der Waals surface area contributed by atoms with Crippen molar-refractivity contribution in [2.75, 3.05) is 5.75 Å². The molecule has 3 rings (SSSR count). The van der Waals surface area contributed by atoms with Crippen LogP contribution in [0.15, 0.2) is 41.8 Å². The molecule has 3 N–H and O–H groups in total. The number of benzene rings is 1. The number of imide groups is 1. The van der Waals surface area contributed by atoms with Gasteiger partial charge in [0.2, 0.25) is 17.7 Å². The Kier molecular flexibility index (Phi) is 6.08. The van der Waals surface area contributed by atoms with Crippen molar-refractivity contribution in [2.45, 2.75) is 16.8 Å². The molecule has 12 heteroatoms. The molecule has 1 aliphatic heterocycles. The molecule has 2 aromatic rings. The molecule has 1 aromatic heterocycles. The van der Waals surface area contributed by atoms with E-state index in [1.807, 2.05) is 30.3 Å². The fourth-order valence-corrected chi connectivity index (χ4v) is 3.69. The smallest absolute Gasteiger partial charge is 0.286 e. The Labute approximate surface area is 161 Å². The third-order valence-corrected chi connectivity index (χ3v) is 5.29. The van der Waals surface area contributed by atoms with Gasteiger partial charge in [-0.3, -0.25) is 39.9 Å². The molecule has 0 saturated carbocycles. The summed E-state index contributed by atoms with van der Waals surface area (Å²) in [5.74, 6) is -1.52. The van der Waals surface area contributed by atoms with Crippen LogP contribution >= 0.6 is 23.5 Å². The first-order valence-corrected chi connectivity index (χ1v) is 9.57. The highest BCUT2D eigenvalue weighted by atomic mass is 32.2. The lowest BCUT2D eigenvalue weighted by molar-refractivity contribution is -0.128. The van der Waals surface area contributed by atoms with E-state index in [2.05, 4.69) is 26.4 Å². The molecular weight excluding hydrogens is 392 g/mol. The molecule has 1 aliphatic rings. The highest BCUT2D eigenvalue weighted by Crippen LogP contribution is 2.21. The Morgan fingerprint density at radius 1 is 1.19 bits per heavy atom. The minimum absolute atomic E-state index is 0.00293. The molecule has 140 valence electrons. The predicted molar refractivity (Wildman–Crippen MR) is 97.9 cm³/mol. The molecule has 1 aromatic carbocycles. The summed E-state index contributed by atoms with van der Waals surface area (Å²) in [5, 5.41) is 9.17. The van der Waals surface area contributed by atoms with Crippen LogP contribution in [0.4, 0.5) is 4.79 Å². The van der Waals surface area contributed by atoms with E-state index in [1.54, 1.807) is 10.9 Å². The number of nitrogens with one attached hydrogen (secondary N) is 3. The van der Waals surface area contributed by atoms with Crippen molar-refractivity contribution in [1.82, 2.24) is 30.9 Å². The standard InChI is InChI=1S/C15H14N6O4S2/c22-11(6-10-13(24)17-15(25)27-10)18-19-12(23)7-26-14-20-16-8-21(14)9-4-2-1-3-5-9/h1-5,8,10H,6-7H2,(H,18,22)(H,19,23)(H,17,24,25)/t10-/m1/s1. The van der Waals surface area contributed by atoms with Gasteiger partial charge in [-0.15, -0.1) is 10.2 Å². The summed E-state index contributed by atoms with van der Waals surface area (Å²) in [7, 11) is 0. The van der Waals surface area contributed by atoms with E-state index in [0.29, 0.717) is 5.16 Å². The molecule has 1 fully saturated rings. The summed E-state index contributed by atoms with van der Waals surface area (Å²) >= 11 is 1.90. The van der Waals surface area contributed by atoms with Gasteiger partial charge in [-0.25, -0.2) is 0 Å². The van der Waals surface area contributed by atoms with Crippen molar-refractivity contribution < 1.29 is 19.2 Å². The third kappa shape index (κ3) is 5.08. The van der Waals surface area contributed by atoms with Gasteiger partial charge in [-0.1, -0.05) is 41.7 Å². The average Bonchev–Trinajstić information content (AvgIpc) is 3.25. The van der Waals surface area contributed by atoms with Crippen molar-refractivity contribution in [3.05, 3.63) is 36.7 Å².